The van der Waals surface area contributed by atoms with Gasteiger partial charge in [0.15, 0.2) is 0 Å². The molecule has 3 aliphatic heterocycles. The van der Waals surface area contributed by atoms with Crippen LogP contribution >= 0.6 is 0 Å². The molecule has 0 unspecified atom stereocenters. The van der Waals surface area contributed by atoms with Crippen molar-refractivity contribution in [2.45, 2.75) is 78.6 Å². The first-order chi connectivity index (χ1) is 19.0. The van der Waals surface area contributed by atoms with Gasteiger partial charge in [0, 0.05) is 28.7 Å². The fraction of sp³-hybridized carbons (Fsp3) is 0.483. The van der Waals surface area contributed by atoms with Crippen LogP contribution < -0.4 is 0 Å². The van der Waals surface area contributed by atoms with E-state index in [1.165, 1.54) is 0 Å². The molecule has 0 saturated carbocycles. The highest BCUT2D eigenvalue weighted by atomic mass is 16.6. The van der Waals surface area contributed by atoms with Gasteiger partial charge < -0.3 is 19.3 Å². The summed E-state index contributed by atoms with van der Waals surface area (Å²) >= 11 is 0. The molecule has 0 radical (unpaired) electrons. The van der Waals surface area contributed by atoms with Crippen LogP contribution in [0.2, 0.25) is 0 Å². The highest BCUT2D eigenvalue weighted by Gasteiger charge is 2.39. The Balaban J connectivity index is 1.85. The zero-order valence-electron chi connectivity index (χ0n) is 22.7. The fourth-order valence-electron chi connectivity index (χ4n) is 4.92. The minimum atomic E-state index is -1.13. The first-order valence-electron chi connectivity index (χ1n) is 13.3. The van der Waals surface area contributed by atoms with Crippen LogP contribution in [0.3, 0.4) is 0 Å². The number of carboxylic acids is 1. The smallest absolute Gasteiger partial charge is 0.346 e. The average molecular weight is 557 g/mol. The number of carboxylic acid groups (broad SMARTS) is 1. The molecule has 0 bridgehead atoms. The number of hydrogen-bond acceptors (Lipinski definition) is 10. The molecule has 11 heteroatoms. The molecule has 3 heterocycles. The molecule has 3 aliphatic rings. The number of ether oxygens (including phenoxy) is 3. The predicted molar refractivity (Wildman–Crippen MR) is 137 cm³/mol. The van der Waals surface area contributed by atoms with Crippen LogP contribution in [0, 0.1) is 11.8 Å². The minimum Gasteiger partial charge on any atom is -0.481 e. The number of esters is 6. The van der Waals surface area contributed by atoms with Crippen molar-refractivity contribution in [2.75, 3.05) is 0 Å². The van der Waals surface area contributed by atoms with E-state index in [0.29, 0.717) is 19.3 Å². The van der Waals surface area contributed by atoms with Crippen molar-refractivity contribution in [3.63, 3.8) is 0 Å². The van der Waals surface area contributed by atoms with E-state index in [-0.39, 0.29) is 83.8 Å². The largest absolute Gasteiger partial charge is 0.481 e. The van der Waals surface area contributed by atoms with E-state index < -0.39 is 41.8 Å². The second kappa shape index (κ2) is 13.3. The first-order valence-corrected chi connectivity index (χ1v) is 13.3. The van der Waals surface area contributed by atoms with Gasteiger partial charge in [0.2, 0.25) is 0 Å². The number of aliphatic carboxylic acids is 1. The van der Waals surface area contributed by atoms with Crippen molar-refractivity contribution in [1.29, 1.82) is 0 Å². The Morgan fingerprint density at radius 1 is 0.650 bits per heavy atom. The molecular formula is C29H32O11. The molecular weight excluding hydrogens is 524 g/mol. The fourth-order valence-corrected chi connectivity index (χ4v) is 4.92. The topological polar surface area (TPSA) is 167 Å². The normalized spacial score (nSPS) is 19.3. The van der Waals surface area contributed by atoms with Crippen molar-refractivity contribution in [3.05, 3.63) is 45.6 Å². The van der Waals surface area contributed by atoms with Gasteiger partial charge in [0.25, 0.3) is 0 Å². The molecule has 0 aromatic carbocycles. The second-order valence-electron chi connectivity index (χ2n) is 9.91. The molecule has 0 amide bonds. The monoisotopic (exact) mass is 556 g/mol. The van der Waals surface area contributed by atoms with E-state index in [0.717, 1.165) is 0 Å². The van der Waals surface area contributed by atoms with Gasteiger partial charge >= 0.3 is 41.8 Å². The summed E-state index contributed by atoms with van der Waals surface area (Å²) in [5.74, 6) is -6.50. The van der Waals surface area contributed by atoms with Gasteiger partial charge in [-0.05, 0) is 50.4 Å². The second-order valence-corrected chi connectivity index (χ2v) is 9.91. The summed E-state index contributed by atoms with van der Waals surface area (Å²) in [5.41, 5.74) is 0.817. The lowest BCUT2D eigenvalue weighted by Gasteiger charge is -2.17. The predicted octanol–water partition coefficient (Wildman–Crippen LogP) is 3.57. The molecule has 0 fully saturated rings. The Hall–Kier alpha value is -4.15. The number of cyclic esters (lactones) is 6. The maximum atomic E-state index is 12.7. The van der Waals surface area contributed by atoms with Crippen LogP contribution in [0.5, 0.6) is 0 Å². The van der Waals surface area contributed by atoms with Crippen molar-refractivity contribution in [1.82, 2.24) is 0 Å². The van der Waals surface area contributed by atoms with Gasteiger partial charge in [-0.3, -0.25) is 4.79 Å². The van der Waals surface area contributed by atoms with Gasteiger partial charge in [0.1, 0.15) is 0 Å². The SMILES string of the molecule is CC/C=C/C1=C(C[C@@H](CC)CC2=C(C[C@H](CC)CC3=C(CCC(=O)O)C(=O)OC3=O)C(=O)OC2=O)C(=O)OC1=O. The lowest BCUT2D eigenvalue weighted by Crippen LogP contribution is -2.12. The van der Waals surface area contributed by atoms with E-state index in [9.17, 15) is 33.6 Å². The molecule has 2 atom stereocenters. The molecule has 1 N–H and O–H groups in total. The zero-order valence-corrected chi connectivity index (χ0v) is 22.7. The number of carbonyl (C=O) groups excluding carboxylic acids is 6. The molecule has 214 valence electrons. The summed E-state index contributed by atoms with van der Waals surface area (Å²) in [5, 5.41) is 8.98. The van der Waals surface area contributed by atoms with E-state index in [4.69, 9.17) is 19.3 Å². The van der Waals surface area contributed by atoms with Gasteiger partial charge in [0.05, 0.1) is 11.1 Å². The molecule has 0 aliphatic carbocycles. The highest BCUT2D eigenvalue weighted by molar-refractivity contribution is 6.14. The van der Waals surface area contributed by atoms with E-state index in [1.807, 2.05) is 20.8 Å². The maximum absolute atomic E-state index is 12.7. The molecule has 0 spiro atoms. The summed E-state index contributed by atoms with van der Waals surface area (Å²) in [6, 6.07) is 0. The third-order valence-electron chi connectivity index (χ3n) is 7.30. The number of carbonyl (C=O) groups is 7. The molecule has 0 aromatic rings. The number of hydrogen-bond donors (Lipinski definition) is 1. The van der Waals surface area contributed by atoms with Crippen molar-refractivity contribution in [2.24, 2.45) is 11.8 Å². The summed E-state index contributed by atoms with van der Waals surface area (Å²) in [6.45, 7) is 5.57. The summed E-state index contributed by atoms with van der Waals surface area (Å²) in [6.07, 6.45) is 4.86. The molecule has 40 heavy (non-hydrogen) atoms. The lowest BCUT2D eigenvalue weighted by atomic mass is 9.84. The average Bonchev–Trinajstić information content (AvgIpc) is 3.43. The van der Waals surface area contributed by atoms with Gasteiger partial charge in [-0.15, -0.1) is 0 Å². The Labute approximate surface area is 230 Å². The Bertz CT molecular complexity index is 1270. The molecule has 3 rings (SSSR count). The third-order valence-corrected chi connectivity index (χ3v) is 7.30. The van der Waals surface area contributed by atoms with Crippen molar-refractivity contribution < 1.29 is 52.9 Å². The van der Waals surface area contributed by atoms with Gasteiger partial charge in [-0.1, -0.05) is 45.8 Å². The molecule has 0 aromatic heterocycles. The summed E-state index contributed by atoms with van der Waals surface area (Å²) < 4.78 is 14.4. The number of rotatable bonds is 15. The van der Waals surface area contributed by atoms with Crippen LogP contribution in [0.4, 0.5) is 0 Å². The zero-order chi connectivity index (χ0) is 29.6. The minimum absolute atomic E-state index is 0.00960. The first kappa shape index (κ1) is 30.4. The van der Waals surface area contributed by atoms with Crippen LogP contribution in [0.25, 0.3) is 0 Å². The number of allylic oxidation sites excluding steroid dienone is 1. The Morgan fingerprint density at radius 3 is 1.50 bits per heavy atom. The Kier molecular flexibility index (Phi) is 10.1. The van der Waals surface area contributed by atoms with Crippen molar-refractivity contribution in [3.8, 4) is 0 Å². The van der Waals surface area contributed by atoms with E-state index in [2.05, 4.69) is 0 Å². The van der Waals surface area contributed by atoms with Crippen LogP contribution in [-0.4, -0.2) is 46.9 Å². The standard InChI is InChI=1S/C29H32O11/c1-4-7-8-17-19(26(34)38-24(17)32)11-15(5-2)13-21-22(29(37)40-28(21)36)14-16(6-3)12-20-18(9-10-23(30)31)25(33)39-27(20)35/h7-8,15-16H,4-6,9-14H2,1-3H3,(H,30,31)/b8-7+/t15-,16-/m1/s1. The maximum Gasteiger partial charge on any atom is 0.346 e. The Morgan fingerprint density at radius 2 is 1.05 bits per heavy atom. The van der Waals surface area contributed by atoms with E-state index in [1.54, 1.807) is 12.2 Å². The quantitative estimate of drug-likeness (QED) is 0.178. The molecule has 11 nitrogen and oxygen atoms in total. The van der Waals surface area contributed by atoms with Crippen molar-refractivity contribution >= 4 is 41.8 Å². The van der Waals surface area contributed by atoms with Gasteiger partial charge in [-0.25, -0.2) is 28.8 Å². The van der Waals surface area contributed by atoms with Crippen LogP contribution in [0.1, 0.15) is 78.6 Å². The van der Waals surface area contributed by atoms with Crippen LogP contribution in [-0.2, 0) is 47.8 Å². The van der Waals surface area contributed by atoms with E-state index >= 15 is 0 Å². The summed E-state index contributed by atoms with van der Waals surface area (Å²) in [4.78, 5) is 85.2. The van der Waals surface area contributed by atoms with Crippen LogP contribution in [0.15, 0.2) is 45.6 Å². The third kappa shape index (κ3) is 6.88. The lowest BCUT2D eigenvalue weighted by molar-refractivity contribution is -0.153. The molecule has 0 saturated heterocycles. The highest BCUT2D eigenvalue weighted by Crippen LogP contribution is 2.37. The van der Waals surface area contributed by atoms with Gasteiger partial charge in [-0.2, -0.15) is 0 Å². The summed E-state index contributed by atoms with van der Waals surface area (Å²) in [7, 11) is 0.